The minimum atomic E-state index is -2.33. The van der Waals surface area contributed by atoms with E-state index in [-0.39, 0.29) is 25.4 Å². The molecule has 54 heavy (non-hydrogen) atoms. The first-order valence-electron chi connectivity index (χ1n) is 18.0. The van der Waals surface area contributed by atoms with Gasteiger partial charge in [-0.25, -0.2) is 0 Å². The lowest BCUT2D eigenvalue weighted by Gasteiger charge is -2.47. The highest BCUT2D eigenvalue weighted by Crippen LogP contribution is 2.53. The van der Waals surface area contributed by atoms with E-state index in [1.165, 1.54) is 0 Å². The van der Waals surface area contributed by atoms with Crippen LogP contribution in [0.5, 0.6) is 5.75 Å². The summed E-state index contributed by atoms with van der Waals surface area (Å²) in [6.45, 7) is 2.01. The number of fused-ring (bicyclic) bond motifs is 1. The molecular weight excluding hydrogens is 722 g/mol. The number of nitrogens with one attached hydrogen (secondary N) is 1. The van der Waals surface area contributed by atoms with Gasteiger partial charge in [-0.15, -0.1) is 0 Å². The lowest BCUT2D eigenvalue weighted by molar-refractivity contribution is -0.311. The summed E-state index contributed by atoms with van der Waals surface area (Å²) < 4.78 is 34.8. The Kier molecular flexibility index (Phi) is 12.0. The van der Waals surface area contributed by atoms with Crippen molar-refractivity contribution in [2.75, 3.05) is 13.2 Å². The van der Waals surface area contributed by atoms with Gasteiger partial charge in [0.15, 0.2) is 12.1 Å². The Hall–Kier alpha value is -2.89. The monoisotopic (exact) mass is 771 g/mol. The molecule has 5 fully saturated rings. The number of para-hydroxylation sites is 1. The van der Waals surface area contributed by atoms with E-state index in [2.05, 4.69) is 5.32 Å². The first-order valence-corrected chi connectivity index (χ1v) is 18.0. The van der Waals surface area contributed by atoms with Gasteiger partial charge in [0.2, 0.25) is 5.91 Å². The predicted octanol–water partition coefficient (Wildman–Crippen LogP) is -4.05. The highest BCUT2D eigenvalue weighted by atomic mass is 16.7. The molecule has 1 aromatic carbocycles. The van der Waals surface area contributed by atoms with Gasteiger partial charge in [-0.05, 0) is 30.9 Å². The van der Waals surface area contributed by atoms with Gasteiger partial charge in [0.05, 0.1) is 43.4 Å². The second kappa shape index (κ2) is 15.9. The molecule has 3 heterocycles. The number of carbonyl (C=O) groups is 3. The van der Waals surface area contributed by atoms with E-state index in [9.17, 15) is 60.3 Å². The molecule has 3 saturated heterocycles. The number of aliphatic hydroxyl groups excluding tert-OH is 8. The maximum atomic E-state index is 13.7. The maximum absolute atomic E-state index is 13.7. The van der Waals surface area contributed by atoms with Crippen molar-refractivity contribution in [3.05, 3.63) is 30.3 Å². The number of rotatable bonds is 8. The smallest absolute Gasteiger partial charge is 0.314 e. The van der Waals surface area contributed by atoms with Gasteiger partial charge < -0.3 is 79.7 Å². The SMILES string of the molecule is CC(=O)N[C@@H]1[C@H](O[C@@H]2[C@@H](O)[C@H](O)[C@@H](O)C[C@H]2OC(=O)[C@H]2C[C@H](O)[C@@]3(O)[C@@H](C2)O[C@@]2(C[C@@H](C(=O)Oc4ccccc4)[C@@H](C)CO2)[C@@H]3O)O[C@H](CO)[C@@H](O)[C@@H]1O. The molecule has 302 valence electrons. The number of hydrogen-bond donors (Lipinski definition) is 10. The van der Waals surface area contributed by atoms with E-state index in [0.29, 0.717) is 5.75 Å². The third-order valence-electron chi connectivity index (χ3n) is 11.4. The van der Waals surface area contributed by atoms with Crippen LogP contribution in [0.25, 0.3) is 0 Å². The highest BCUT2D eigenvalue weighted by molar-refractivity contribution is 5.76. The Morgan fingerprint density at radius 3 is 2.30 bits per heavy atom. The van der Waals surface area contributed by atoms with Crippen LogP contribution in [0.2, 0.25) is 0 Å². The van der Waals surface area contributed by atoms with Crippen LogP contribution in [0, 0.1) is 17.8 Å². The van der Waals surface area contributed by atoms with Gasteiger partial charge >= 0.3 is 11.9 Å². The van der Waals surface area contributed by atoms with Crippen LogP contribution in [-0.2, 0) is 38.1 Å². The van der Waals surface area contributed by atoms with E-state index in [4.69, 9.17) is 28.4 Å². The largest absolute Gasteiger partial charge is 0.459 e. The summed E-state index contributed by atoms with van der Waals surface area (Å²) in [5.74, 6) is -6.36. The Balaban J connectivity index is 1.17. The van der Waals surface area contributed by atoms with Crippen molar-refractivity contribution < 1.29 is 88.8 Å². The van der Waals surface area contributed by atoms with Crippen LogP contribution in [0.3, 0.4) is 0 Å². The van der Waals surface area contributed by atoms with Crippen molar-refractivity contribution in [3.63, 3.8) is 0 Å². The van der Waals surface area contributed by atoms with Crippen LogP contribution in [0.1, 0.15) is 39.5 Å². The summed E-state index contributed by atoms with van der Waals surface area (Å²) >= 11 is 0. The van der Waals surface area contributed by atoms with Gasteiger partial charge in [0.25, 0.3) is 0 Å². The number of hydrogen-bond acceptors (Lipinski definition) is 18. The maximum Gasteiger partial charge on any atom is 0.314 e. The lowest BCUT2D eigenvalue weighted by Crippen LogP contribution is -2.67. The fourth-order valence-corrected chi connectivity index (χ4v) is 8.21. The summed E-state index contributed by atoms with van der Waals surface area (Å²) in [6, 6.07) is 6.89. The van der Waals surface area contributed by atoms with Crippen LogP contribution >= 0.6 is 0 Å². The fourth-order valence-electron chi connectivity index (χ4n) is 8.21. The van der Waals surface area contributed by atoms with Crippen LogP contribution in [0.4, 0.5) is 0 Å². The Bertz CT molecular complexity index is 1500. The van der Waals surface area contributed by atoms with Gasteiger partial charge in [0.1, 0.15) is 66.2 Å². The molecule has 0 aromatic heterocycles. The lowest BCUT2D eigenvalue weighted by atomic mass is 9.70. The summed E-state index contributed by atoms with van der Waals surface area (Å²) in [5, 5.41) is 99.6. The van der Waals surface area contributed by atoms with E-state index in [1.807, 2.05) is 0 Å². The molecule has 2 saturated carbocycles. The summed E-state index contributed by atoms with van der Waals surface area (Å²) in [7, 11) is 0. The quantitative estimate of drug-likeness (QED) is 0.0889. The van der Waals surface area contributed by atoms with E-state index < -0.39 is 140 Å². The first-order chi connectivity index (χ1) is 25.5. The molecule has 3 aliphatic heterocycles. The van der Waals surface area contributed by atoms with Gasteiger partial charge in [-0.2, -0.15) is 0 Å². The summed E-state index contributed by atoms with van der Waals surface area (Å²) in [6.07, 6.45) is -21.5. The topological polar surface area (TPSA) is 301 Å². The molecule has 0 unspecified atom stereocenters. The molecule has 1 aromatic rings. The zero-order chi connectivity index (χ0) is 39.3. The zero-order valence-electron chi connectivity index (χ0n) is 29.6. The van der Waals surface area contributed by atoms with Crippen molar-refractivity contribution in [1.82, 2.24) is 5.32 Å². The average Bonchev–Trinajstić information content (AvgIpc) is 3.35. The number of esters is 2. The van der Waals surface area contributed by atoms with Crippen molar-refractivity contribution in [2.24, 2.45) is 17.8 Å². The molecule has 19 nitrogen and oxygen atoms in total. The zero-order valence-corrected chi connectivity index (χ0v) is 29.6. The highest BCUT2D eigenvalue weighted by Gasteiger charge is 2.70. The fraction of sp³-hybridized carbons (Fsp3) is 0.743. The van der Waals surface area contributed by atoms with Crippen molar-refractivity contribution in [3.8, 4) is 5.75 Å². The molecule has 0 bridgehead atoms. The second-order valence-electron chi connectivity index (χ2n) is 15.0. The Morgan fingerprint density at radius 2 is 1.63 bits per heavy atom. The molecule has 18 atom stereocenters. The Morgan fingerprint density at radius 1 is 0.926 bits per heavy atom. The van der Waals surface area contributed by atoms with E-state index in [0.717, 1.165) is 6.92 Å². The molecule has 1 amide bonds. The summed E-state index contributed by atoms with van der Waals surface area (Å²) in [4.78, 5) is 38.9. The molecular formula is C35H49NO18. The third kappa shape index (κ3) is 7.50. The summed E-state index contributed by atoms with van der Waals surface area (Å²) in [5.41, 5.74) is -2.33. The number of aliphatic hydroxyl groups is 9. The molecule has 1 spiro atoms. The number of ether oxygens (including phenoxy) is 6. The van der Waals surface area contributed by atoms with Gasteiger partial charge in [0, 0.05) is 19.8 Å². The molecule has 0 radical (unpaired) electrons. The van der Waals surface area contributed by atoms with Crippen molar-refractivity contribution in [1.29, 1.82) is 0 Å². The molecule has 5 aliphatic rings. The normalized spacial score (nSPS) is 46.4. The van der Waals surface area contributed by atoms with Crippen LogP contribution in [-0.4, -0.2) is 168 Å². The van der Waals surface area contributed by atoms with Crippen molar-refractivity contribution in [2.45, 2.75) is 130 Å². The standard InChI is InChI=1S/C35H49NO18/c1-14-13-49-34(11-18(14)31(46)50-17-6-4-3-5-7-17)33(47)35(48)22(40)8-16(9-23(35)54-34)30(45)51-20-10-19(39)25(41)28(44)29(20)53-32-24(36-15(2)38)27(43)26(42)21(12-37)52-32/h3-7,14,16,18-29,32-33,37,39-44,47-48H,8-13H2,1-2H3,(H,36,38)/t14-,16-,18+,19-,20+,21+,22-,23+,24-,25+,26+,27+,28-,29-,32-,33-,34-,35+/m0/s1. The minimum absolute atomic E-state index is 0.0713. The van der Waals surface area contributed by atoms with Crippen LogP contribution in [0.15, 0.2) is 30.3 Å². The van der Waals surface area contributed by atoms with E-state index in [1.54, 1.807) is 37.3 Å². The molecule has 6 rings (SSSR count). The van der Waals surface area contributed by atoms with Crippen LogP contribution < -0.4 is 10.1 Å². The molecule has 2 aliphatic carbocycles. The molecule has 19 heteroatoms. The van der Waals surface area contributed by atoms with Gasteiger partial charge in [-0.1, -0.05) is 25.1 Å². The van der Waals surface area contributed by atoms with E-state index >= 15 is 0 Å². The minimum Gasteiger partial charge on any atom is -0.459 e. The average molecular weight is 772 g/mol. The molecule has 10 N–H and O–H groups in total. The second-order valence-corrected chi connectivity index (χ2v) is 15.0. The first kappa shape index (κ1) is 40.8. The van der Waals surface area contributed by atoms with Crippen molar-refractivity contribution >= 4 is 17.8 Å². The number of benzene rings is 1. The van der Waals surface area contributed by atoms with Gasteiger partial charge in [-0.3, -0.25) is 14.4 Å². The third-order valence-corrected chi connectivity index (χ3v) is 11.4. The Labute approximate surface area is 309 Å². The number of amides is 1. The predicted molar refractivity (Wildman–Crippen MR) is 175 cm³/mol. The number of carbonyl (C=O) groups excluding carboxylic acids is 3.